The lowest BCUT2D eigenvalue weighted by Gasteiger charge is -2.26. The summed E-state index contributed by atoms with van der Waals surface area (Å²) in [4.78, 5) is 14.9. The van der Waals surface area contributed by atoms with Crippen LogP contribution in [-0.2, 0) is 4.79 Å². The molecule has 0 saturated carbocycles. The molecule has 0 fully saturated rings. The largest absolute Gasteiger partial charge is 0.497 e. The number of nitrogens with zero attached hydrogens (tertiary/aromatic N) is 1. The van der Waals surface area contributed by atoms with Crippen LogP contribution in [0.1, 0.15) is 35.6 Å². The minimum absolute atomic E-state index is 0.00319. The van der Waals surface area contributed by atoms with Gasteiger partial charge >= 0.3 is 0 Å². The Kier molecular flexibility index (Phi) is 5.43. The van der Waals surface area contributed by atoms with E-state index in [1.807, 2.05) is 50.5 Å². The fourth-order valence-corrected chi connectivity index (χ4v) is 3.50. The molecule has 1 aliphatic carbocycles. The monoisotopic (exact) mass is 350 g/mol. The van der Waals surface area contributed by atoms with E-state index in [1.54, 1.807) is 7.11 Å². The highest BCUT2D eigenvalue weighted by atomic mass is 16.5. The van der Waals surface area contributed by atoms with E-state index in [1.165, 1.54) is 5.56 Å². The predicted octanol–water partition coefficient (Wildman–Crippen LogP) is 3.61. The number of benzene rings is 2. The molecule has 1 N–H and O–H groups in total. The van der Waals surface area contributed by atoms with E-state index in [0.29, 0.717) is 6.54 Å². The van der Waals surface area contributed by atoms with Crippen LogP contribution in [0.25, 0.3) is 6.08 Å². The van der Waals surface area contributed by atoms with Crippen molar-refractivity contribution in [2.75, 3.05) is 27.7 Å². The van der Waals surface area contributed by atoms with Crippen molar-refractivity contribution < 1.29 is 9.53 Å². The molecule has 2 unspecified atom stereocenters. The molecule has 2 aromatic rings. The van der Waals surface area contributed by atoms with Gasteiger partial charge in [-0.3, -0.25) is 4.79 Å². The van der Waals surface area contributed by atoms with Crippen molar-refractivity contribution >= 4 is 12.0 Å². The van der Waals surface area contributed by atoms with Gasteiger partial charge in [-0.25, -0.2) is 0 Å². The molecular weight excluding hydrogens is 324 g/mol. The third kappa shape index (κ3) is 3.65. The van der Waals surface area contributed by atoms with Crippen molar-refractivity contribution in [3.05, 3.63) is 70.8 Å². The van der Waals surface area contributed by atoms with Crippen molar-refractivity contribution in [2.45, 2.75) is 18.9 Å². The van der Waals surface area contributed by atoms with Gasteiger partial charge in [-0.15, -0.1) is 0 Å². The molecule has 3 rings (SSSR count). The zero-order valence-corrected chi connectivity index (χ0v) is 15.8. The molecule has 136 valence electrons. The van der Waals surface area contributed by atoms with Crippen LogP contribution in [0.4, 0.5) is 0 Å². The number of hydrogen-bond acceptors (Lipinski definition) is 3. The highest BCUT2D eigenvalue weighted by molar-refractivity contribution is 6.01. The van der Waals surface area contributed by atoms with E-state index in [-0.39, 0.29) is 17.9 Å². The lowest BCUT2D eigenvalue weighted by atomic mass is 9.97. The standard InChI is InChI=1S/C22H26N2O2/c1-15-19-11-6-5-8-16(19)13-20(15)22(25)23-14-21(24(2)3)17-9-7-10-18(12-17)26-4/h5-13,15,21H,14H2,1-4H3,(H,23,25). The Labute approximate surface area is 155 Å². The normalized spacial score (nSPS) is 16.8. The summed E-state index contributed by atoms with van der Waals surface area (Å²) >= 11 is 0. The van der Waals surface area contributed by atoms with Crippen molar-refractivity contribution in [3.63, 3.8) is 0 Å². The second-order valence-corrected chi connectivity index (χ2v) is 6.92. The molecule has 0 aromatic heterocycles. The Balaban J connectivity index is 1.71. The Morgan fingerprint density at radius 1 is 1.19 bits per heavy atom. The third-order valence-electron chi connectivity index (χ3n) is 5.06. The predicted molar refractivity (Wildman–Crippen MR) is 105 cm³/mol. The van der Waals surface area contributed by atoms with E-state index >= 15 is 0 Å². The summed E-state index contributed by atoms with van der Waals surface area (Å²) in [6, 6.07) is 16.2. The molecular formula is C22H26N2O2. The first-order valence-corrected chi connectivity index (χ1v) is 8.90. The molecule has 4 heteroatoms. The molecule has 4 nitrogen and oxygen atoms in total. The van der Waals surface area contributed by atoms with Gasteiger partial charge < -0.3 is 15.0 Å². The molecule has 2 aromatic carbocycles. The Morgan fingerprint density at radius 3 is 2.65 bits per heavy atom. The topological polar surface area (TPSA) is 41.6 Å². The maximum Gasteiger partial charge on any atom is 0.247 e. The first-order chi connectivity index (χ1) is 12.5. The van der Waals surface area contributed by atoms with Crippen LogP contribution in [0, 0.1) is 0 Å². The van der Waals surface area contributed by atoms with Crippen molar-refractivity contribution in [2.24, 2.45) is 0 Å². The summed E-state index contributed by atoms with van der Waals surface area (Å²) in [6.45, 7) is 2.63. The zero-order valence-electron chi connectivity index (χ0n) is 15.8. The van der Waals surface area contributed by atoms with Crippen LogP contribution in [0.15, 0.2) is 54.1 Å². The second-order valence-electron chi connectivity index (χ2n) is 6.92. The number of methoxy groups -OCH3 is 1. The van der Waals surface area contributed by atoms with Crippen molar-refractivity contribution in [1.82, 2.24) is 10.2 Å². The van der Waals surface area contributed by atoms with Crippen molar-refractivity contribution in [3.8, 4) is 5.75 Å². The Morgan fingerprint density at radius 2 is 1.96 bits per heavy atom. The van der Waals surface area contributed by atoms with Gasteiger partial charge in [-0.1, -0.05) is 43.3 Å². The first-order valence-electron chi connectivity index (χ1n) is 8.90. The number of amides is 1. The van der Waals surface area contributed by atoms with Crippen molar-refractivity contribution in [1.29, 1.82) is 0 Å². The van der Waals surface area contributed by atoms with E-state index < -0.39 is 0 Å². The SMILES string of the molecule is COc1cccc(C(CNC(=O)C2=Cc3ccccc3C2C)N(C)C)c1. The average Bonchev–Trinajstić information content (AvgIpc) is 2.99. The van der Waals surface area contributed by atoms with E-state index in [2.05, 4.69) is 35.3 Å². The summed E-state index contributed by atoms with van der Waals surface area (Å²) in [7, 11) is 5.70. The Bertz CT molecular complexity index is 826. The van der Waals surface area contributed by atoms with Crippen LogP contribution < -0.4 is 10.1 Å². The molecule has 0 spiro atoms. The molecule has 0 bridgehead atoms. The van der Waals surface area contributed by atoms with E-state index in [9.17, 15) is 4.79 Å². The summed E-state index contributed by atoms with van der Waals surface area (Å²) in [5.74, 6) is 0.951. The van der Waals surface area contributed by atoms with Gasteiger partial charge in [0.2, 0.25) is 5.91 Å². The number of hydrogen-bond donors (Lipinski definition) is 1. The summed E-state index contributed by atoms with van der Waals surface area (Å²) in [5.41, 5.74) is 4.30. The first kappa shape index (κ1) is 18.2. The van der Waals surface area contributed by atoms with Gasteiger partial charge in [-0.2, -0.15) is 0 Å². The van der Waals surface area contributed by atoms with Crippen LogP contribution in [0.3, 0.4) is 0 Å². The quantitative estimate of drug-likeness (QED) is 0.865. The molecule has 0 aliphatic heterocycles. The van der Waals surface area contributed by atoms with E-state index in [4.69, 9.17) is 4.74 Å². The van der Waals surface area contributed by atoms with Crippen LogP contribution in [-0.4, -0.2) is 38.6 Å². The highest BCUT2D eigenvalue weighted by Gasteiger charge is 2.26. The summed E-state index contributed by atoms with van der Waals surface area (Å²) in [5, 5.41) is 3.12. The second kappa shape index (κ2) is 7.75. The van der Waals surface area contributed by atoms with Gasteiger partial charge in [0, 0.05) is 18.0 Å². The van der Waals surface area contributed by atoms with E-state index in [0.717, 1.165) is 22.4 Å². The number of carbonyl (C=O) groups excluding carboxylic acids is 1. The highest BCUT2D eigenvalue weighted by Crippen LogP contribution is 2.35. The van der Waals surface area contributed by atoms with Gasteiger partial charge in [0.05, 0.1) is 13.2 Å². The molecule has 2 atom stereocenters. The van der Waals surface area contributed by atoms with Gasteiger partial charge in [-0.05, 0) is 49.0 Å². The summed E-state index contributed by atoms with van der Waals surface area (Å²) in [6.07, 6.45) is 2.01. The smallest absolute Gasteiger partial charge is 0.247 e. The number of likely N-dealkylation sites (N-methyl/N-ethyl adjacent to an activating group) is 1. The maximum absolute atomic E-state index is 12.8. The minimum Gasteiger partial charge on any atom is -0.497 e. The third-order valence-corrected chi connectivity index (χ3v) is 5.06. The van der Waals surface area contributed by atoms with Crippen LogP contribution >= 0.6 is 0 Å². The lowest BCUT2D eigenvalue weighted by Crippen LogP contribution is -2.35. The molecule has 1 aliphatic rings. The van der Waals surface area contributed by atoms with Gasteiger partial charge in [0.25, 0.3) is 0 Å². The lowest BCUT2D eigenvalue weighted by molar-refractivity contribution is -0.117. The molecule has 0 saturated heterocycles. The van der Waals surface area contributed by atoms with Gasteiger partial charge in [0.1, 0.15) is 5.75 Å². The number of rotatable bonds is 6. The number of nitrogens with one attached hydrogen (secondary N) is 1. The molecule has 26 heavy (non-hydrogen) atoms. The minimum atomic E-state index is 0.00319. The summed E-state index contributed by atoms with van der Waals surface area (Å²) < 4.78 is 5.33. The number of fused-ring (bicyclic) bond motifs is 1. The molecule has 0 heterocycles. The Hall–Kier alpha value is -2.59. The number of carbonyl (C=O) groups is 1. The average molecular weight is 350 g/mol. The maximum atomic E-state index is 12.8. The number of ether oxygens (including phenoxy) is 1. The van der Waals surface area contributed by atoms with Crippen LogP contribution in [0.2, 0.25) is 0 Å². The van der Waals surface area contributed by atoms with Gasteiger partial charge in [0.15, 0.2) is 0 Å². The molecule has 0 radical (unpaired) electrons. The molecule has 1 amide bonds. The zero-order chi connectivity index (χ0) is 18.7. The fraction of sp³-hybridized carbons (Fsp3) is 0.318. The van der Waals surface area contributed by atoms with Crippen LogP contribution in [0.5, 0.6) is 5.75 Å². The fourth-order valence-electron chi connectivity index (χ4n) is 3.50.